The van der Waals surface area contributed by atoms with Gasteiger partial charge in [0.2, 0.25) is 5.91 Å². The van der Waals surface area contributed by atoms with E-state index < -0.39 is 0 Å². The van der Waals surface area contributed by atoms with Gasteiger partial charge in [0, 0.05) is 22.6 Å². The summed E-state index contributed by atoms with van der Waals surface area (Å²) in [6, 6.07) is 18.4. The molecule has 0 saturated heterocycles. The molecule has 0 bridgehead atoms. The van der Waals surface area contributed by atoms with E-state index in [1.807, 2.05) is 30.3 Å². The van der Waals surface area contributed by atoms with Crippen molar-refractivity contribution in [2.45, 2.75) is 6.92 Å². The van der Waals surface area contributed by atoms with Crippen molar-refractivity contribution in [2.75, 3.05) is 5.32 Å². The fraction of sp³-hybridized carbons (Fsp3) is 0.0625. The molecule has 3 heteroatoms. The van der Waals surface area contributed by atoms with Gasteiger partial charge in [-0.2, -0.15) is 0 Å². The minimum Gasteiger partial charge on any atom is -0.317 e. The summed E-state index contributed by atoms with van der Waals surface area (Å²) >= 11 is 1.62. The third-order valence-electron chi connectivity index (χ3n) is 2.95. The number of rotatable bonds is 2. The molecule has 1 aromatic heterocycles. The van der Waals surface area contributed by atoms with Crippen LogP contribution in [0, 0.1) is 0 Å². The molecule has 0 aliphatic carbocycles. The summed E-state index contributed by atoms with van der Waals surface area (Å²) in [5.74, 6) is -0.0382. The SMILES string of the molecule is CC(=O)Nc1sc2ccccc2c1-c1ccccc1. The Kier molecular flexibility index (Phi) is 3.05. The minimum atomic E-state index is -0.0382. The average Bonchev–Trinajstić information content (AvgIpc) is 2.76. The fourth-order valence-corrected chi connectivity index (χ4v) is 3.36. The van der Waals surface area contributed by atoms with Gasteiger partial charge in [0.1, 0.15) is 5.00 Å². The Balaban J connectivity index is 2.27. The molecule has 2 aromatic carbocycles. The summed E-state index contributed by atoms with van der Waals surface area (Å²) in [6.45, 7) is 1.54. The second-order valence-corrected chi connectivity index (χ2v) is 5.40. The van der Waals surface area contributed by atoms with E-state index >= 15 is 0 Å². The van der Waals surface area contributed by atoms with E-state index in [4.69, 9.17) is 0 Å². The molecule has 1 heterocycles. The molecule has 1 amide bonds. The van der Waals surface area contributed by atoms with Crippen molar-refractivity contribution in [1.82, 2.24) is 0 Å². The second-order valence-electron chi connectivity index (χ2n) is 4.35. The Morgan fingerprint density at radius 1 is 1.00 bits per heavy atom. The molecule has 0 fully saturated rings. The Labute approximate surface area is 115 Å². The van der Waals surface area contributed by atoms with Gasteiger partial charge in [-0.25, -0.2) is 0 Å². The average molecular weight is 267 g/mol. The van der Waals surface area contributed by atoms with Gasteiger partial charge in [0.25, 0.3) is 0 Å². The molecule has 0 radical (unpaired) electrons. The van der Waals surface area contributed by atoms with Crippen molar-refractivity contribution in [3.63, 3.8) is 0 Å². The predicted octanol–water partition coefficient (Wildman–Crippen LogP) is 4.53. The number of fused-ring (bicyclic) bond motifs is 1. The second kappa shape index (κ2) is 4.86. The standard InChI is InChI=1S/C16H13NOS/c1-11(18)17-16-15(12-7-3-2-4-8-12)13-9-5-6-10-14(13)19-16/h2-10H,1H3,(H,17,18). The van der Waals surface area contributed by atoms with Crippen LogP contribution < -0.4 is 5.32 Å². The summed E-state index contributed by atoms with van der Waals surface area (Å²) in [5, 5.41) is 5.04. The highest BCUT2D eigenvalue weighted by molar-refractivity contribution is 7.23. The van der Waals surface area contributed by atoms with E-state index in [0.717, 1.165) is 16.1 Å². The molecule has 0 saturated carbocycles. The first-order valence-electron chi connectivity index (χ1n) is 6.10. The van der Waals surface area contributed by atoms with Crippen LogP contribution in [0.3, 0.4) is 0 Å². The minimum absolute atomic E-state index is 0.0382. The highest BCUT2D eigenvalue weighted by Crippen LogP contribution is 2.42. The maximum atomic E-state index is 11.4. The van der Waals surface area contributed by atoms with E-state index in [1.165, 1.54) is 10.1 Å². The normalized spacial score (nSPS) is 10.6. The predicted molar refractivity (Wildman–Crippen MR) is 81.6 cm³/mol. The summed E-state index contributed by atoms with van der Waals surface area (Å²) in [6.07, 6.45) is 0. The zero-order valence-electron chi connectivity index (χ0n) is 10.5. The number of hydrogen-bond acceptors (Lipinski definition) is 2. The van der Waals surface area contributed by atoms with Crippen LogP contribution in [0.25, 0.3) is 21.2 Å². The molecule has 0 aliphatic rings. The Hall–Kier alpha value is -2.13. The van der Waals surface area contributed by atoms with E-state index in [2.05, 4.69) is 29.6 Å². The van der Waals surface area contributed by atoms with Crippen LogP contribution in [0.4, 0.5) is 5.00 Å². The lowest BCUT2D eigenvalue weighted by atomic mass is 10.0. The highest BCUT2D eigenvalue weighted by Gasteiger charge is 2.14. The Morgan fingerprint density at radius 2 is 1.68 bits per heavy atom. The van der Waals surface area contributed by atoms with E-state index in [0.29, 0.717) is 0 Å². The van der Waals surface area contributed by atoms with E-state index in [-0.39, 0.29) is 5.91 Å². The maximum absolute atomic E-state index is 11.4. The smallest absolute Gasteiger partial charge is 0.221 e. The van der Waals surface area contributed by atoms with E-state index in [9.17, 15) is 4.79 Å². The van der Waals surface area contributed by atoms with Gasteiger partial charge < -0.3 is 5.32 Å². The quantitative estimate of drug-likeness (QED) is 0.726. The number of amides is 1. The molecule has 3 rings (SSSR count). The molecule has 1 N–H and O–H groups in total. The summed E-state index contributed by atoms with van der Waals surface area (Å²) in [4.78, 5) is 11.4. The van der Waals surface area contributed by atoms with Crippen LogP contribution in [-0.4, -0.2) is 5.91 Å². The summed E-state index contributed by atoms with van der Waals surface area (Å²) in [7, 11) is 0. The van der Waals surface area contributed by atoms with Crippen molar-refractivity contribution >= 4 is 32.3 Å². The van der Waals surface area contributed by atoms with Crippen molar-refractivity contribution in [1.29, 1.82) is 0 Å². The molecule has 0 aliphatic heterocycles. The van der Waals surface area contributed by atoms with Gasteiger partial charge in [-0.05, 0) is 11.6 Å². The zero-order valence-corrected chi connectivity index (χ0v) is 11.3. The number of benzene rings is 2. The molecule has 3 aromatic rings. The molecule has 0 atom stereocenters. The van der Waals surface area contributed by atoms with Gasteiger partial charge in [-0.1, -0.05) is 48.5 Å². The van der Waals surface area contributed by atoms with Gasteiger partial charge in [0.05, 0.1) is 0 Å². The maximum Gasteiger partial charge on any atom is 0.221 e. The number of thiophene rings is 1. The third-order valence-corrected chi connectivity index (χ3v) is 4.03. The molecular formula is C16H13NOS. The number of carbonyl (C=O) groups is 1. The molecular weight excluding hydrogens is 254 g/mol. The van der Waals surface area contributed by atoms with Crippen molar-refractivity contribution in [3.8, 4) is 11.1 Å². The van der Waals surface area contributed by atoms with Crippen LogP contribution in [0.2, 0.25) is 0 Å². The first kappa shape index (κ1) is 11.9. The van der Waals surface area contributed by atoms with Gasteiger partial charge in [-0.3, -0.25) is 4.79 Å². The number of hydrogen-bond donors (Lipinski definition) is 1. The monoisotopic (exact) mass is 267 g/mol. The zero-order chi connectivity index (χ0) is 13.2. The van der Waals surface area contributed by atoms with Crippen LogP contribution in [0.1, 0.15) is 6.92 Å². The third kappa shape index (κ3) is 2.25. The lowest BCUT2D eigenvalue weighted by molar-refractivity contribution is -0.114. The van der Waals surface area contributed by atoms with Crippen molar-refractivity contribution in [2.24, 2.45) is 0 Å². The van der Waals surface area contributed by atoms with Gasteiger partial charge >= 0.3 is 0 Å². The number of nitrogens with one attached hydrogen (secondary N) is 1. The van der Waals surface area contributed by atoms with Gasteiger partial charge in [-0.15, -0.1) is 11.3 Å². The fourth-order valence-electron chi connectivity index (χ4n) is 2.18. The molecule has 0 spiro atoms. The number of anilines is 1. The summed E-state index contributed by atoms with van der Waals surface area (Å²) < 4.78 is 1.19. The van der Waals surface area contributed by atoms with Gasteiger partial charge in [0.15, 0.2) is 0 Å². The Bertz CT molecular complexity index is 731. The molecule has 19 heavy (non-hydrogen) atoms. The van der Waals surface area contributed by atoms with Crippen LogP contribution in [0.15, 0.2) is 54.6 Å². The summed E-state index contributed by atoms with van der Waals surface area (Å²) in [5.41, 5.74) is 2.24. The Morgan fingerprint density at radius 3 is 2.42 bits per heavy atom. The molecule has 2 nitrogen and oxygen atoms in total. The largest absolute Gasteiger partial charge is 0.317 e. The molecule has 94 valence electrons. The number of carbonyl (C=O) groups excluding carboxylic acids is 1. The topological polar surface area (TPSA) is 29.1 Å². The van der Waals surface area contributed by atoms with Crippen molar-refractivity contribution in [3.05, 3.63) is 54.6 Å². The lowest BCUT2D eigenvalue weighted by Crippen LogP contribution is -2.04. The first-order chi connectivity index (χ1) is 9.25. The highest BCUT2D eigenvalue weighted by atomic mass is 32.1. The van der Waals surface area contributed by atoms with Crippen LogP contribution in [0.5, 0.6) is 0 Å². The van der Waals surface area contributed by atoms with Crippen LogP contribution >= 0.6 is 11.3 Å². The van der Waals surface area contributed by atoms with Crippen LogP contribution in [-0.2, 0) is 4.79 Å². The lowest BCUT2D eigenvalue weighted by Gasteiger charge is -2.05. The molecule has 0 unspecified atom stereocenters. The van der Waals surface area contributed by atoms with E-state index in [1.54, 1.807) is 18.3 Å². The van der Waals surface area contributed by atoms with Crippen molar-refractivity contribution < 1.29 is 4.79 Å². The first-order valence-corrected chi connectivity index (χ1v) is 6.92.